The number of carbonyl (C=O) groups excluding carboxylic acids is 3. The number of para-hydroxylation sites is 2. The minimum atomic E-state index is -1.08. The van der Waals surface area contributed by atoms with Crippen molar-refractivity contribution < 1.29 is 32.6 Å². The molecule has 11 heteroatoms. The summed E-state index contributed by atoms with van der Waals surface area (Å²) in [5, 5.41) is 4.88. The van der Waals surface area contributed by atoms with E-state index in [1.54, 1.807) is 17.0 Å². The van der Waals surface area contributed by atoms with Crippen LogP contribution in [0.5, 0.6) is 11.5 Å². The molecule has 0 radical (unpaired) electrons. The average Bonchev–Trinajstić information content (AvgIpc) is 2.85. The Labute approximate surface area is 194 Å². The highest BCUT2D eigenvalue weighted by atomic mass is 19.2. The van der Waals surface area contributed by atoms with Crippen LogP contribution < -0.4 is 20.1 Å². The van der Waals surface area contributed by atoms with Gasteiger partial charge in [-0.25, -0.2) is 8.78 Å². The second-order valence-electron chi connectivity index (χ2n) is 7.92. The molecule has 3 amide bonds. The van der Waals surface area contributed by atoms with Gasteiger partial charge in [0.05, 0.1) is 13.1 Å². The van der Waals surface area contributed by atoms with Gasteiger partial charge < -0.3 is 25.0 Å². The Morgan fingerprint density at radius 3 is 2.41 bits per heavy atom. The van der Waals surface area contributed by atoms with Crippen molar-refractivity contribution >= 4 is 23.4 Å². The molecule has 1 saturated heterocycles. The van der Waals surface area contributed by atoms with E-state index in [1.165, 1.54) is 6.07 Å². The standard InChI is InChI=1S/C23H24F2N4O5/c24-16-6-5-15(11-17(16)25)27-21(30)12-26-22(31)13-28-7-9-29(10-8-28)23(32)20-14-33-18-3-1-2-4-19(18)34-20/h1-6,11,20H,7-10,12-14H2,(H,26,31)(H,27,30). The molecule has 4 rings (SSSR count). The number of hydrogen-bond acceptors (Lipinski definition) is 6. The number of amides is 3. The van der Waals surface area contributed by atoms with Gasteiger partial charge in [-0.15, -0.1) is 0 Å². The molecule has 180 valence electrons. The highest BCUT2D eigenvalue weighted by Gasteiger charge is 2.32. The number of halogens is 2. The van der Waals surface area contributed by atoms with Gasteiger partial charge in [0.25, 0.3) is 5.91 Å². The van der Waals surface area contributed by atoms with E-state index < -0.39 is 23.6 Å². The van der Waals surface area contributed by atoms with E-state index in [-0.39, 0.29) is 37.2 Å². The van der Waals surface area contributed by atoms with Crippen LogP contribution in [-0.2, 0) is 14.4 Å². The summed E-state index contributed by atoms with van der Waals surface area (Å²) >= 11 is 0. The normalized spacial score (nSPS) is 17.7. The fraction of sp³-hybridized carbons (Fsp3) is 0.348. The Kier molecular flexibility index (Phi) is 7.21. The van der Waals surface area contributed by atoms with Crippen LogP contribution in [0.25, 0.3) is 0 Å². The lowest BCUT2D eigenvalue weighted by Gasteiger charge is -2.36. The van der Waals surface area contributed by atoms with Gasteiger partial charge in [0.15, 0.2) is 23.1 Å². The maximum absolute atomic E-state index is 13.2. The molecule has 1 atom stereocenters. The van der Waals surface area contributed by atoms with E-state index in [9.17, 15) is 23.2 Å². The van der Waals surface area contributed by atoms with E-state index in [2.05, 4.69) is 10.6 Å². The number of carbonyl (C=O) groups is 3. The van der Waals surface area contributed by atoms with Crippen molar-refractivity contribution in [3.05, 3.63) is 54.1 Å². The Bertz CT molecular complexity index is 1080. The van der Waals surface area contributed by atoms with Crippen molar-refractivity contribution in [2.75, 3.05) is 51.2 Å². The summed E-state index contributed by atoms with van der Waals surface area (Å²) in [7, 11) is 0. The zero-order valence-electron chi connectivity index (χ0n) is 18.3. The molecule has 2 heterocycles. The van der Waals surface area contributed by atoms with E-state index >= 15 is 0 Å². The van der Waals surface area contributed by atoms with Crippen LogP contribution in [-0.4, -0.2) is 79.5 Å². The van der Waals surface area contributed by atoms with E-state index in [0.717, 1.165) is 12.1 Å². The van der Waals surface area contributed by atoms with Crippen LogP contribution in [0.2, 0.25) is 0 Å². The fourth-order valence-electron chi connectivity index (χ4n) is 3.69. The summed E-state index contributed by atoms with van der Waals surface area (Å²) in [6.45, 7) is 1.75. The van der Waals surface area contributed by atoms with E-state index in [4.69, 9.17) is 9.47 Å². The first kappa shape index (κ1) is 23.4. The molecule has 0 aromatic heterocycles. The zero-order valence-corrected chi connectivity index (χ0v) is 18.3. The smallest absolute Gasteiger partial charge is 0.267 e. The van der Waals surface area contributed by atoms with Gasteiger partial charge in [-0.05, 0) is 24.3 Å². The van der Waals surface area contributed by atoms with Gasteiger partial charge in [-0.2, -0.15) is 0 Å². The summed E-state index contributed by atoms with van der Waals surface area (Å²) in [5.41, 5.74) is 0.0924. The number of hydrogen-bond donors (Lipinski definition) is 2. The molecule has 0 bridgehead atoms. The predicted octanol–water partition coefficient (Wildman–Crippen LogP) is 1.00. The Balaban J connectivity index is 1.17. The highest BCUT2D eigenvalue weighted by molar-refractivity contribution is 5.94. The molecule has 1 fully saturated rings. The molecule has 9 nitrogen and oxygen atoms in total. The van der Waals surface area contributed by atoms with Crippen LogP contribution in [0.4, 0.5) is 14.5 Å². The molecule has 2 N–H and O–H groups in total. The summed E-state index contributed by atoms with van der Waals surface area (Å²) < 4.78 is 37.5. The molecular weight excluding hydrogens is 450 g/mol. The molecule has 0 saturated carbocycles. The summed E-state index contributed by atoms with van der Waals surface area (Å²) in [6, 6.07) is 10.2. The number of fused-ring (bicyclic) bond motifs is 1. The quantitative estimate of drug-likeness (QED) is 0.648. The number of anilines is 1. The molecular formula is C23H24F2N4O5. The van der Waals surface area contributed by atoms with Crippen molar-refractivity contribution in [3.8, 4) is 11.5 Å². The number of ether oxygens (including phenoxy) is 2. The Morgan fingerprint density at radius 2 is 1.68 bits per heavy atom. The summed E-state index contributed by atoms with van der Waals surface area (Å²) in [6.07, 6.45) is -0.710. The van der Waals surface area contributed by atoms with E-state index in [0.29, 0.717) is 37.7 Å². The predicted molar refractivity (Wildman–Crippen MR) is 117 cm³/mol. The number of benzene rings is 2. The average molecular weight is 474 g/mol. The lowest BCUT2D eigenvalue weighted by atomic mass is 10.2. The third-order valence-electron chi connectivity index (χ3n) is 5.48. The highest BCUT2D eigenvalue weighted by Crippen LogP contribution is 2.31. The monoisotopic (exact) mass is 474 g/mol. The first-order chi connectivity index (χ1) is 16.4. The maximum Gasteiger partial charge on any atom is 0.267 e. The molecule has 2 aromatic carbocycles. The van der Waals surface area contributed by atoms with Crippen molar-refractivity contribution in [1.29, 1.82) is 0 Å². The molecule has 0 spiro atoms. The van der Waals surface area contributed by atoms with E-state index in [1.807, 2.05) is 17.0 Å². The van der Waals surface area contributed by atoms with Gasteiger partial charge in [0.1, 0.15) is 6.61 Å². The van der Waals surface area contributed by atoms with Gasteiger partial charge in [-0.3, -0.25) is 19.3 Å². The van der Waals surface area contributed by atoms with Gasteiger partial charge in [0.2, 0.25) is 17.9 Å². The van der Waals surface area contributed by atoms with Gasteiger partial charge in [-0.1, -0.05) is 12.1 Å². The van der Waals surface area contributed by atoms with Crippen LogP contribution >= 0.6 is 0 Å². The zero-order chi connectivity index (χ0) is 24.1. The largest absolute Gasteiger partial charge is 0.485 e. The Morgan fingerprint density at radius 1 is 0.941 bits per heavy atom. The maximum atomic E-state index is 13.2. The second-order valence-corrected chi connectivity index (χ2v) is 7.92. The van der Waals surface area contributed by atoms with Gasteiger partial charge in [0, 0.05) is 37.9 Å². The molecule has 1 unspecified atom stereocenters. The SMILES string of the molecule is O=C(CN1CCN(C(=O)C2COc3ccccc3O2)CC1)NCC(=O)Nc1ccc(F)c(F)c1. The minimum absolute atomic E-state index is 0.0664. The minimum Gasteiger partial charge on any atom is -0.485 e. The van der Waals surface area contributed by atoms with Crippen molar-refractivity contribution in [2.24, 2.45) is 0 Å². The molecule has 2 aromatic rings. The fourth-order valence-corrected chi connectivity index (χ4v) is 3.69. The van der Waals surface area contributed by atoms with Crippen molar-refractivity contribution in [2.45, 2.75) is 6.10 Å². The first-order valence-corrected chi connectivity index (χ1v) is 10.8. The number of nitrogens with one attached hydrogen (secondary N) is 2. The molecule has 34 heavy (non-hydrogen) atoms. The topological polar surface area (TPSA) is 100 Å². The lowest BCUT2D eigenvalue weighted by molar-refractivity contribution is -0.143. The lowest BCUT2D eigenvalue weighted by Crippen LogP contribution is -2.55. The number of piperazine rings is 1. The molecule has 0 aliphatic carbocycles. The van der Waals surface area contributed by atoms with Crippen LogP contribution in [0.3, 0.4) is 0 Å². The van der Waals surface area contributed by atoms with Crippen molar-refractivity contribution in [3.63, 3.8) is 0 Å². The summed E-state index contributed by atoms with van der Waals surface area (Å²) in [5.74, 6) is -2.03. The van der Waals surface area contributed by atoms with Gasteiger partial charge >= 0.3 is 0 Å². The molecule has 2 aliphatic heterocycles. The molecule has 2 aliphatic rings. The van der Waals surface area contributed by atoms with Crippen LogP contribution in [0, 0.1) is 11.6 Å². The number of rotatable bonds is 6. The number of nitrogens with zero attached hydrogens (tertiary/aromatic N) is 2. The van der Waals surface area contributed by atoms with Crippen LogP contribution in [0.1, 0.15) is 0 Å². The first-order valence-electron chi connectivity index (χ1n) is 10.8. The Hall–Kier alpha value is -3.73. The summed E-state index contributed by atoms with van der Waals surface area (Å²) in [4.78, 5) is 40.5. The van der Waals surface area contributed by atoms with Crippen LogP contribution in [0.15, 0.2) is 42.5 Å². The second kappa shape index (κ2) is 10.5. The van der Waals surface area contributed by atoms with Crippen molar-refractivity contribution in [1.82, 2.24) is 15.1 Å². The third-order valence-corrected chi connectivity index (χ3v) is 5.48. The third kappa shape index (κ3) is 5.79.